The number of benzene rings is 1. The number of carboxylic acid groups (broad SMARTS) is 1. The molecular weight excluding hydrogens is 338 g/mol. The van der Waals surface area contributed by atoms with E-state index in [1.54, 1.807) is 0 Å². The fourth-order valence-electron chi connectivity index (χ4n) is 3.73. The van der Waals surface area contributed by atoms with E-state index in [4.69, 9.17) is 14.2 Å². The first-order chi connectivity index (χ1) is 11.9. The molecule has 3 heterocycles. The number of ether oxygens (including phenoxy) is 3. The number of para-hydroxylation sites is 1. The topological polar surface area (TPSA) is 145 Å². The lowest BCUT2D eigenvalue weighted by Gasteiger charge is -2.28. The second kappa shape index (κ2) is 5.24. The van der Waals surface area contributed by atoms with Gasteiger partial charge in [0.05, 0.1) is 10.8 Å². The van der Waals surface area contributed by atoms with Gasteiger partial charge in [-0.3, -0.25) is 14.9 Å². The molecule has 0 N–H and O–H groups in total. The summed E-state index contributed by atoms with van der Waals surface area (Å²) >= 11 is 0. The number of aliphatic carboxylic acids is 1. The molecule has 2 bridgehead atoms. The molecule has 3 aliphatic heterocycles. The number of carboxylic acids is 1. The molecule has 0 amide bonds. The molecule has 25 heavy (non-hydrogen) atoms. The summed E-state index contributed by atoms with van der Waals surface area (Å²) in [4.78, 5) is 45.8. The van der Waals surface area contributed by atoms with Crippen molar-refractivity contribution in [3.63, 3.8) is 0 Å². The van der Waals surface area contributed by atoms with Crippen molar-refractivity contribution < 1.29 is 38.6 Å². The lowest BCUT2D eigenvalue weighted by atomic mass is 9.78. The largest absolute Gasteiger partial charge is 0.550 e. The lowest BCUT2D eigenvalue weighted by Crippen LogP contribution is -2.51. The van der Waals surface area contributed by atoms with Crippen LogP contribution in [0.15, 0.2) is 24.3 Å². The highest BCUT2D eigenvalue weighted by atomic mass is 16.7. The number of nitrogens with zero attached hydrogens (tertiary/aromatic N) is 1. The molecule has 0 aliphatic carbocycles. The molecule has 6 atom stereocenters. The van der Waals surface area contributed by atoms with Crippen molar-refractivity contribution in [2.24, 2.45) is 11.8 Å². The first-order valence-electron chi connectivity index (χ1n) is 7.41. The van der Waals surface area contributed by atoms with Gasteiger partial charge in [0, 0.05) is 18.0 Å². The Labute approximate surface area is 139 Å². The number of nitro groups is 1. The summed E-state index contributed by atoms with van der Waals surface area (Å²) in [6, 6.07) is 5.18. The number of hydrogen-bond acceptors (Lipinski definition) is 9. The quantitative estimate of drug-likeness (QED) is 0.372. The van der Waals surface area contributed by atoms with E-state index in [-0.39, 0.29) is 5.56 Å². The minimum absolute atomic E-state index is 0.291. The van der Waals surface area contributed by atoms with Crippen LogP contribution in [0.25, 0.3) is 0 Å². The third-order valence-corrected chi connectivity index (χ3v) is 4.74. The van der Waals surface area contributed by atoms with Crippen LogP contribution in [0.2, 0.25) is 0 Å². The molecule has 3 fully saturated rings. The number of carbonyl (C=O) groups is 3. The van der Waals surface area contributed by atoms with Crippen LogP contribution in [-0.2, 0) is 23.8 Å². The zero-order valence-corrected chi connectivity index (χ0v) is 12.4. The van der Waals surface area contributed by atoms with Gasteiger partial charge in [-0.2, -0.15) is 0 Å². The highest BCUT2D eigenvalue weighted by Crippen LogP contribution is 2.51. The molecule has 0 aromatic heterocycles. The number of nitro benzene ring substituents is 1. The number of hydrogen-bond donors (Lipinski definition) is 0. The third-order valence-electron chi connectivity index (χ3n) is 4.74. The van der Waals surface area contributed by atoms with Gasteiger partial charge in [0.2, 0.25) is 0 Å². The monoisotopic (exact) mass is 348 g/mol. The molecule has 3 saturated heterocycles. The van der Waals surface area contributed by atoms with Crippen molar-refractivity contribution in [3.05, 3.63) is 39.9 Å². The Morgan fingerprint density at radius 1 is 1.16 bits per heavy atom. The SMILES string of the molecule is O=C(OC1C2OC(=O)C3C2OC1C3C(=O)[O-])c1ccccc1[N+](=O)[O-]. The number of carbonyl (C=O) groups excluding carboxylic acids is 3. The molecule has 1 aromatic rings. The Kier molecular flexibility index (Phi) is 3.25. The van der Waals surface area contributed by atoms with Gasteiger partial charge in [-0.05, 0) is 6.07 Å². The standard InChI is InChI=1S/C15H11NO9/c17-13(18)7-8-10-12(25-15(8)20)11(9(7)23-10)24-14(19)5-3-1-2-4-6(5)16(21)22/h1-4,7-12H,(H,17,18)/p-1. The first kappa shape index (κ1) is 15.5. The van der Waals surface area contributed by atoms with Gasteiger partial charge in [0.15, 0.2) is 12.2 Å². The Morgan fingerprint density at radius 2 is 1.88 bits per heavy atom. The van der Waals surface area contributed by atoms with E-state index in [1.807, 2.05) is 0 Å². The van der Waals surface area contributed by atoms with E-state index < -0.39 is 64.8 Å². The predicted molar refractivity (Wildman–Crippen MR) is 72.8 cm³/mol. The number of fused-ring (bicyclic) bond motifs is 1. The van der Waals surface area contributed by atoms with Crippen LogP contribution in [0.3, 0.4) is 0 Å². The normalized spacial score (nSPS) is 34.6. The van der Waals surface area contributed by atoms with Crippen LogP contribution in [-0.4, -0.2) is 47.2 Å². The molecule has 0 radical (unpaired) electrons. The predicted octanol–water partition coefficient (Wildman–Crippen LogP) is -1.19. The minimum Gasteiger partial charge on any atom is -0.550 e. The summed E-state index contributed by atoms with van der Waals surface area (Å²) in [5.74, 6) is -5.54. The molecule has 10 heteroatoms. The smallest absolute Gasteiger partial charge is 0.345 e. The molecule has 6 unspecified atom stereocenters. The van der Waals surface area contributed by atoms with Crippen molar-refractivity contribution >= 4 is 23.6 Å². The third kappa shape index (κ3) is 2.10. The van der Waals surface area contributed by atoms with E-state index >= 15 is 0 Å². The van der Waals surface area contributed by atoms with E-state index in [1.165, 1.54) is 18.2 Å². The van der Waals surface area contributed by atoms with Crippen LogP contribution >= 0.6 is 0 Å². The summed E-state index contributed by atoms with van der Waals surface area (Å²) in [6.45, 7) is 0. The summed E-state index contributed by atoms with van der Waals surface area (Å²) in [5, 5.41) is 22.4. The van der Waals surface area contributed by atoms with Crippen LogP contribution in [0.1, 0.15) is 10.4 Å². The van der Waals surface area contributed by atoms with Gasteiger partial charge in [-0.25, -0.2) is 4.79 Å². The average molecular weight is 348 g/mol. The Bertz CT molecular complexity index is 806. The van der Waals surface area contributed by atoms with Crippen molar-refractivity contribution in [1.82, 2.24) is 0 Å². The van der Waals surface area contributed by atoms with E-state index in [2.05, 4.69) is 0 Å². The maximum Gasteiger partial charge on any atom is 0.345 e. The Balaban J connectivity index is 1.62. The second-order valence-electron chi connectivity index (χ2n) is 5.98. The van der Waals surface area contributed by atoms with E-state index in [9.17, 15) is 29.6 Å². The van der Waals surface area contributed by atoms with Crippen molar-refractivity contribution in [1.29, 1.82) is 0 Å². The zero-order valence-electron chi connectivity index (χ0n) is 12.4. The molecule has 130 valence electrons. The molecular formula is C15H10NO9-. The fourth-order valence-corrected chi connectivity index (χ4v) is 3.73. The molecule has 4 rings (SSSR count). The number of rotatable bonds is 4. The van der Waals surface area contributed by atoms with Gasteiger partial charge in [0.1, 0.15) is 17.8 Å². The van der Waals surface area contributed by atoms with Crippen molar-refractivity contribution in [3.8, 4) is 0 Å². The fraction of sp³-hybridized carbons (Fsp3) is 0.400. The van der Waals surface area contributed by atoms with E-state index in [0.717, 1.165) is 6.07 Å². The minimum atomic E-state index is -1.50. The molecule has 0 saturated carbocycles. The maximum atomic E-state index is 12.3. The van der Waals surface area contributed by atoms with Gasteiger partial charge < -0.3 is 24.1 Å². The van der Waals surface area contributed by atoms with Crippen LogP contribution in [0.5, 0.6) is 0 Å². The molecule has 3 aliphatic rings. The van der Waals surface area contributed by atoms with Crippen LogP contribution in [0.4, 0.5) is 5.69 Å². The molecule has 0 spiro atoms. The summed E-state index contributed by atoms with van der Waals surface area (Å²) in [6.07, 6.45) is -4.01. The van der Waals surface area contributed by atoms with Crippen LogP contribution < -0.4 is 5.11 Å². The zero-order chi connectivity index (χ0) is 17.9. The van der Waals surface area contributed by atoms with Crippen molar-refractivity contribution in [2.75, 3.05) is 0 Å². The van der Waals surface area contributed by atoms with E-state index in [0.29, 0.717) is 0 Å². The first-order valence-corrected chi connectivity index (χ1v) is 7.41. The average Bonchev–Trinajstić information content (AvgIpc) is 3.18. The Hall–Kier alpha value is -3.01. The lowest BCUT2D eigenvalue weighted by molar-refractivity contribution is -0.385. The Morgan fingerprint density at radius 3 is 2.56 bits per heavy atom. The van der Waals surface area contributed by atoms with Gasteiger partial charge in [-0.15, -0.1) is 0 Å². The maximum absolute atomic E-state index is 12.3. The highest BCUT2D eigenvalue weighted by Gasteiger charge is 2.70. The second-order valence-corrected chi connectivity index (χ2v) is 5.98. The van der Waals surface area contributed by atoms with Gasteiger partial charge in [0.25, 0.3) is 5.69 Å². The molecule has 1 aromatic carbocycles. The number of esters is 2. The van der Waals surface area contributed by atoms with Gasteiger partial charge >= 0.3 is 11.9 Å². The van der Waals surface area contributed by atoms with Crippen LogP contribution in [0, 0.1) is 22.0 Å². The van der Waals surface area contributed by atoms with Gasteiger partial charge in [-0.1, -0.05) is 12.1 Å². The summed E-state index contributed by atoms with van der Waals surface area (Å²) in [5.41, 5.74) is -0.740. The highest BCUT2D eigenvalue weighted by molar-refractivity contribution is 5.94. The summed E-state index contributed by atoms with van der Waals surface area (Å²) in [7, 11) is 0. The summed E-state index contributed by atoms with van der Waals surface area (Å²) < 4.78 is 15.8. The molecule has 10 nitrogen and oxygen atoms in total. The van der Waals surface area contributed by atoms with Crippen molar-refractivity contribution in [2.45, 2.75) is 24.4 Å².